The van der Waals surface area contributed by atoms with E-state index in [4.69, 9.17) is 0 Å². The zero-order chi connectivity index (χ0) is 32.8. The molecule has 3 aromatic carbocycles. The Bertz CT molecular complexity index is 1590. The fraction of sp³-hybridized carbons (Fsp3) is 0.375. The zero-order valence-electron chi connectivity index (χ0n) is 24.3. The van der Waals surface area contributed by atoms with E-state index in [1.807, 2.05) is 11.0 Å². The van der Waals surface area contributed by atoms with E-state index in [1.165, 1.54) is 31.2 Å². The number of sulfone groups is 1. The van der Waals surface area contributed by atoms with Gasteiger partial charge in [-0.2, -0.15) is 27.2 Å². The monoisotopic (exact) mass is 649 g/mol. The number of piperidine rings is 1. The lowest BCUT2D eigenvalue weighted by Crippen LogP contribution is -2.45. The van der Waals surface area contributed by atoms with Crippen molar-refractivity contribution in [2.24, 2.45) is 0 Å². The number of rotatable bonds is 11. The minimum Gasteiger partial charge on any atom is -0.366 e. The van der Waals surface area contributed by atoms with E-state index in [2.05, 4.69) is 10.1 Å². The van der Waals surface area contributed by atoms with Crippen molar-refractivity contribution in [2.45, 2.75) is 61.9 Å². The normalized spacial score (nSPS) is 18.0. The largest absolute Gasteiger partial charge is 0.416 e. The van der Waals surface area contributed by atoms with E-state index in [0.717, 1.165) is 12.1 Å². The van der Waals surface area contributed by atoms with Crippen LogP contribution in [0.4, 0.5) is 27.6 Å². The fourth-order valence-corrected chi connectivity index (χ4v) is 6.26. The fourth-order valence-electron chi connectivity index (χ4n) is 5.38. The molecular weight excluding hydrogens is 617 g/mol. The van der Waals surface area contributed by atoms with Gasteiger partial charge in [-0.3, -0.25) is 4.79 Å². The molecule has 1 N–H and O–H groups in total. The Balaban J connectivity index is 1.51. The van der Waals surface area contributed by atoms with Crippen LogP contribution in [0.2, 0.25) is 0 Å². The Morgan fingerprint density at radius 2 is 1.67 bits per heavy atom. The number of benzene rings is 3. The van der Waals surface area contributed by atoms with Crippen LogP contribution in [0.5, 0.6) is 0 Å². The molecule has 1 fully saturated rings. The van der Waals surface area contributed by atoms with Gasteiger partial charge in [-0.15, -0.1) is 0 Å². The minimum atomic E-state index is -4.46. The first-order valence-corrected chi connectivity index (χ1v) is 15.9. The van der Waals surface area contributed by atoms with E-state index in [-0.39, 0.29) is 35.2 Å². The molecule has 7 nitrogen and oxygen atoms in total. The summed E-state index contributed by atoms with van der Waals surface area (Å²) in [6.45, 7) is -1.34. The summed E-state index contributed by atoms with van der Waals surface area (Å²) in [5.74, 6) is -0.706. The van der Waals surface area contributed by atoms with Crippen LogP contribution in [0.1, 0.15) is 65.2 Å². The molecule has 0 saturated carbocycles. The predicted octanol–water partition coefficient (Wildman–Crippen LogP) is 6.88. The van der Waals surface area contributed by atoms with Gasteiger partial charge in [-0.25, -0.2) is 8.42 Å². The Morgan fingerprint density at radius 3 is 2.22 bits per heavy atom. The third-order valence-electron chi connectivity index (χ3n) is 7.91. The first-order chi connectivity index (χ1) is 21.3. The minimum absolute atomic E-state index is 0.0609. The molecular formula is C32H32F5N3O4S. The van der Waals surface area contributed by atoms with Crippen LogP contribution in [-0.2, 0) is 20.8 Å². The average Bonchev–Trinajstić information content (AvgIpc) is 3.03. The van der Waals surface area contributed by atoms with Crippen LogP contribution in [0.25, 0.3) is 0 Å². The van der Waals surface area contributed by atoms with Crippen molar-refractivity contribution in [3.05, 3.63) is 95.1 Å². The van der Waals surface area contributed by atoms with E-state index in [9.17, 15) is 40.4 Å². The number of hydrogen-bond donors (Lipinski definition) is 1. The summed E-state index contributed by atoms with van der Waals surface area (Å²) in [5, 5.41) is 12.1. The van der Waals surface area contributed by atoms with Gasteiger partial charge in [0.15, 0.2) is 9.84 Å². The number of nitriles is 1. The number of halogens is 5. The first kappa shape index (κ1) is 33.9. The summed E-state index contributed by atoms with van der Waals surface area (Å²) in [5.41, 5.74) is 1.38. The zero-order valence-corrected chi connectivity index (χ0v) is 25.1. The first-order valence-electron chi connectivity index (χ1n) is 14.3. The number of carbonyl (C=O) groups is 1. The lowest BCUT2D eigenvalue weighted by atomic mass is 9.86. The van der Waals surface area contributed by atoms with Crippen molar-refractivity contribution in [1.82, 2.24) is 5.32 Å². The number of ether oxygens (including phenoxy) is 1. The molecule has 1 saturated heterocycles. The van der Waals surface area contributed by atoms with Gasteiger partial charge in [0.05, 0.1) is 47.4 Å². The molecule has 3 aromatic rings. The van der Waals surface area contributed by atoms with Gasteiger partial charge in [0.25, 0.3) is 5.91 Å². The number of anilines is 1. The van der Waals surface area contributed by atoms with Crippen molar-refractivity contribution >= 4 is 21.4 Å². The highest BCUT2D eigenvalue weighted by Crippen LogP contribution is 2.36. The van der Waals surface area contributed by atoms with Crippen LogP contribution in [-0.4, -0.2) is 45.9 Å². The standard InChI is InChI=1S/C32H32F5N3O4S/c1-2-45(42,43)28-15-8-22(9-16-28)29(17-18-38)39-30(41)23-5-12-26(13-6-23)40-19-24(7-14-27(40)20-44-31(33)34)21-3-10-25(11-4-21)32(35,36)37/h3-6,8-13,15-16,24,27,29,31H,2,7,14,17,19-20H2,1H3,(H,39,41)/t24-,27+,29+/m1/s1. The molecule has 1 amide bonds. The van der Waals surface area contributed by atoms with Crippen molar-refractivity contribution in [3.8, 4) is 6.07 Å². The molecule has 0 aromatic heterocycles. The lowest BCUT2D eigenvalue weighted by Gasteiger charge is -2.41. The smallest absolute Gasteiger partial charge is 0.366 e. The molecule has 1 aliphatic heterocycles. The Kier molecular flexibility index (Phi) is 10.8. The number of nitrogens with one attached hydrogen (secondary N) is 1. The number of amides is 1. The number of alkyl halides is 5. The molecule has 0 spiro atoms. The van der Waals surface area contributed by atoms with Crippen molar-refractivity contribution in [3.63, 3.8) is 0 Å². The molecule has 0 radical (unpaired) electrons. The van der Waals surface area contributed by atoms with Gasteiger partial charge in [0.2, 0.25) is 0 Å². The van der Waals surface area contributed by atoms with Gasteiger partial charge >= 0.3 is 12.8 Å². The van der Waals surface area contributed by atoms with Gasteiger partial charge < -0.3 is 15.0 Å². The van der Waals surface area contributed by atoms with Gasteiger partial charge in [-0.1, -0.05) is 31.2 Å². The third kappa shape index (κ3) is 8.58. The van der Waals surface area contributed by atoms with Crippen LogP contribution in [0, 0.1) is 11.3 Å². The second-order valence-electron chi connectivity index (χ2n) is 10.7. The highest BCUT2D eigenvalue weighted by molar-refractivity contribution is 7.91. The predicted molar refractivity (Wildman–Crippen MR) is 158 cm³/mol. The topological polar surface area (TPSA) is 99.5 Å². The maximum absolute atomic E-state index is 13.1. The maximum Gasteiger partial charge on any atom is 0.416 e. The highest BCUT2D eigenvalue weighted by Gasteiger charge is 2.33. The summed E-state index contributed by atoms with van der Waals surface area (Å²) in [4.78, 5) is 15.1. The second-order valence-corrected chi connectivity index (χ2v) is 13.0. The van der Waals surface area contributed by atoms with Crippen molar-refractivity contribution in [1.29, 1.82) is 5.26 Å². The second kappa shape index (κ2) is 14.4. The van der Waals surface area contributed by atoms with Gasteiger partial charge in [0.1, 0.15) is 0 Å². The summed E-state index contributed by atoms with van der Waals surface area (Å²) in [6.07, 6.45) is -3.51. The Morgan fingerprint density at radius 1 is 1.02 bits per heavy atom. The van der Waals surface area contributed by atoms with E-state index >= 15 is 0 Å². The molecule has 0 unspecified atom stereocenters. The van der Waals surface area contributed by atoms with Crippen LogP contribution >= 0.6 is 0 Å². The summed E-state index contributed by atoms with van der Waals surface area (Å²) in [6, 6.07) is 18.2. The summed E-state index contributed by atoms with van der Waals surface area (Å²) >= 11 is 0. The molecule has 1 aliphatic rings. The van der Waals surface area contributed by atoms with E-state index < -0.39 is 46.2 Å². The average molecular weight is 650 g/mol. The van der Waals surface area contributed by atoms with Crippen LogP contribution in [0.3, 0.4) is 0 Å². The quantitative estimate of drug-likeness (QED) is 0.228. The lowest BCUT2D eigenvalue weighted by molar-refractivity contribution is -0.137. The summed E-state index contributed by atoms with van der Waals surface area (Å²) < 4.78 is 93.8. The van der Waals surface area contributed by atoms with Crippen LogP contribution < -0.4 is 10.2 Å². The van der Waals surface area contributed by atoms with Gasteiger partial charge in [-0.05, 0) is 72.5 Å². The summed E-state index contributed by atoms with van der Waals surface area (Å²) in [7, 11) is -3.41. The van der Waals surface area contributed by atoms with E-state index in [0.29, 0.717) is 36.2 Å². The molecule has 0 bridgehead atoms. The third-order valence-corrected chi connectivity index (χ3v) is 9.66. The molecule has 240 valence electrons. The van der Waals surface area contributed by atoms with Gasteiger partial charge in [0, 0.05) is 23.7 Å². The molecule has 4 rings (SSSR count). The molecule has 3 atom stereocenters. The SMILES string of the molecule is CCS(=O)(=O)c1ccc([C@H](CC#N)NC(=O)c2ccc(N3C[C@H](c4ccc(C(F)(F)F)cc4)CC[C@H]3COC(F)F)cc2)cc1. The molecule has 0 aliphatic carbocycles. The van der Waals surface area contributed by atoms with Crippen molar-refractivity contribution in [2.75, 3.05) is 23.8 Å². The number of hydrogen-bond acceptors (Lipinski definition) is 6. The van der Waals surface area contributed by atoms with E-state index in [1.54, 1.807) is 36.4 Å². The highest BCUT2D eigenvalue weighted by atomic mass is 32.2. The molecule has 45 heavy (non-hydrogen) atoms. The Hall–Kier alpha value is -4.02. The van der Waals surface area contributed by atoms with Crippen molar-refractivity contribution < 1.29 is 39.9 Å². The number of carbonyl (C=O) groups excluding carboxylic acids is 1. The maximum atomic E-state index is 13.1. The molecule has 13 heteroatoms. The molecule has 1 heterocycles. The number of nitrogens with zero attached hydrogens (tertiary/aromatic N) is 2. The Labute approximate surface area is 258 Å². The van der Waals surface area contributed by atoms with Crippen LogP contribution in [0.15, 0.2) is 77.7 Å².